The molecule has 0 unspecified atom stereocenters. The minimum absolute atomic E-state index is 0.0997. The first-order valence-corrected chi connectivity index (χ1v) is 32.6. The van der Waals surface area contributed by atoms with Gasteiger partial charge >= 0.3 is 41.8 Å². The number of ether oxygens (including phenoxy) is 11. The van der Waals surface area contributed by atoms with Crippen molar-refractivity contribution in [3.63, 3.8) is 0 Å². The van der Waals surface area contributed by atoms with Gasteiger partial charge in [-0.25, -0.2) is 33.6 Å². The number of carbonyl (C=O) groups excluding carboxylic acids is 6. The molecule has 5 N–H and O–H groups in total. The second-order valence-corrected chi connectivity index (χ2v) is 23.8. The van der Waals surface area contributed by atoms with Crippen molar-refractivity contribution < 1.29 is 111 Å². The lowest BCUT2D eigenvalue weighted by Crippen LogP contribution is -2.05. The Balaban J connectivity index is 0.000000209. The highest BCUT2D eigenvalue weighted by Gasteiger charge is 2.28. The number of carbonyl (C=O) groups is 7. The van der Waals surface area contributed by atoms with Crippen LogP contribution in [0, 0.1) is 0 Å². The van der Waals surface area contributed by atoms with Crippen molar-refractivity contribution in [1.29, 1.82) is 0 Å². The maximum absolute atomic E-state index is 11.3. The number of methoxy groups -OCH3 is 6. The van der Waals surface area contributed by atoms with Crippen LogP contribution in [0.3, 0.4) is 0 Å². The summed E-state index contributed by atoms with van der Waals surface area (Å²) in [6.45, 7) is 6.80. The number of carboxylic acid groups (broad SMARTS) is 1. The van der Waals surface area contributed by atoms with Gasteiger partial charge in [0.25, 0.3) is 0 Å². The number of phenolic OH excluding ortho intramolecular Hbond substituents is 2. The number of carboxylic acids is 1. The smallest absolute Gasteiger partial charge is 0.337 e. The predicted octanol–water partition coefficient (Wildman–Crippen LogP) is 14.2. The van der Waals surface area contributed by atoms with Crippen molar-refractivity contribution in [3.05, 3.63) is 222 Å². The average molecular weight is 1560 g/mol. The fraction of sp³-hybridized carbons (Fsp3) is 0.274. The first-order chi connectivity index (χ1) is 47.5. The third kappa shape index (κ3) is 27.2. The normalized spacial score (nSPS) is 12.7. The van der Waals surface area contributed by atoms with Crippen molar-refractivity contribution in [2.24, 2.45) is 0 Å². The number of aromatic hydroxyl groups is 2. The van der Waals surface area contributed by atoms with Crippen LogP contribution in [0.1, 0.15) is 141 Å². The van der Waals surface area contributed by atoms with E-state index in [0.29, 0.717) is 82.9 Å². The highest BCUT2D eigenvalue weighted by atomic mass is 79.9. The maximum atomic E-state index is 11.3. The van der Waals surface area contributed by atoms with Crippen molar-refractivity contribution in [2.75, 3.05) is 42.7 Å². The van der Waals surface area contributed by atoms with Gasteiger partial charge < -0.3 is 77.6 Å². The van der Waals surface area contributed by atoms with Crippen molar-refractivity contribution in [1.82, 2.24) is 0 Å². The van der Waals surface area contributed by atoms with Gasteiger partial charge in [0.15, 0.2) is 0 Å². The van der Waals surface area contributed by atoms with Crippen LogP contribution in [0.2, 0.25) is 0 Å². The first kappa shape index (κ1) is 80.0. The van der Waals surface area contributed by atoms with Crippen molar-refractivity contribution in [3.8, 4) is 40.2 Å². The van der Waals surface area contributed by atoms with E-state index in [1.54, 1.807) is 84.9 Å². The lowest BCUT2D eigenvalue weighted by molar-refractivity contribution is 0.0591. The second-order valence-electron chi connectivity index (χ2n) is 21.2. The van der Waals surface area contributed by atoms with Crippen molar-refractivity contribution in [2.45, 2.75) is 89.0 Å². The molecule has 0 spiro atoms. The number of esters is 6. The van der Waals surface area contributed by atoms with E-state index in [1.807, 2.05) is 0 Å². The van der Waals surface area contributed by atoms with E-state index in [4.69, 9.17) is 44.1 Å². The van der Waals surface area contributed by atoms with Gasteiger partial charge in [0.05, 0.1) is 139 Å². The van der Waals surface area contributed by atoms with Crippen LogP contribution >= 0.6 is 47.8 Å². The van der Waals surface area contributed by atoms with Gasteiger partial charge in [-0.1, -0.05) is 19.2 Å². The Bertz CT molecular complexity index is 3910. The van der Waals surface area contributed by atoms with Crippen molar-refractivity contribution >= 4 is 95.7 Å². The van der Waals surface area contributed by atoms with Gasteiger partial charge in [-0.2, -0.15) is 0 Å². The SMILES string of the molecule is C=COc1ccc(C(=O)OC)cc1Br.C=Cc1cc(C(=O)OC)ccc1OC1CC1.COC(=O)c1ccc(O)c(Br)c1.COC(=O)c1ccc(O)cc1.COC(=O)c1ccc(OC2CC2)c(Br)c1.COC(=O)c1ccc(OC2CC2)c(CO)c1.O=C(O)c1ccc(OC2CC2)c(CO)c1. The topological polar surface area (TPSA) is 322 Å². The molecule has 0 atom stereocenters. The third-order valence-corrected chi connectivity index (χ3v) is 15.5. The molecule has 7 aromatic carbocycles. The number of aliphatic hydroxyl groups excluding tert-OH is 2. The van der Waals surface area contributed by atoms with Crippen LogP contribution in [-0.4, -0.2) is 134 Å². The van der Waals surface area contributed by atoms with Crippen LogP contribution in [-0.2, 0) is 41.6 Å². The van der Waals surface area contributed by atoms with E-state index in [9.17, 15) is 38.7 Å². The number of aliphatic hydroxyl groups is 2. The number of hydrogen-bond acceptors (Lipinski definition) is 22. The molecule has 4 aliphatic rings. The van der Waals surface area contributed by atoms with Gasteiger partial charge in [-0.05, 0) is 233 Å². The van der Waals surface area contributed by atoms with E-state index < -0.39 is 23.9 Å². The summed E-state index contributed by atoms with van der Waals surface area (Å²) in [6.07, 6.45) is 12.8. The summed E-state index contributed by atoms with van der Waals surface area (Å²) in [5.41, 5.74) is 4.92. The highest BCUT2D eigenvalue weighted by molar-refractivity contribution is 9.11. The van der Waals surface area contributed by atoms with E-state index >= 15 is 0 Å². The standard InChI is InChI=1S/C13H14O3.C12H14O4.C11H11BrO3.C11H12O4.C10H9BrO3.C8H7BrO3.C8H8O3/c1-3-9-8-10(13(14)15-2)4-7-12(9)16-11-5-6-11;1-15-12(14)8-2-5-11(9(6-8)7-13)16-10-3-4-10;1-14-11(13)7-2-5-10(9(12)6-7)15-8-3-4-8;12-6-8-5-7(11(13)14)1-4-10(8)15-9-2-3-9;1-3-14-9-5-4-7(6-8(9)11)10(12)13-2;1-12-8(11)5-2-3-7(10)6(9)4-5;1-11-8(10)6-2-4-7(9)5-3-6/h3-4,7-8,11H,1,5-6H2,2H3;2,5-6,10,13H,3-4,7H2,1H3;2,5-6,8H,3-4H2,1H3;1,4-5,9,12H,2-3,6H2,(H,13,14);3-6H,1H2,2H3;2-4,10H,1H3;2-5,9H,1H3. The molecule has 0 aromatic heterocycles. The van der Waals surface area contributed by atoms with E-state index in [0.717, 1.165) is 72.9 Å². The summed E-state index contributed by atoms with van der Waals surface area (Å²) in [7, 11) is 8.02. The Morgan fingerprint density at radius 3 is 1.05 bits per heavy atom. The molecule has 526 valence electrons. The zero-order valence-electron chi connectivity index (χ0n) is 54.9. The summed E-state index contributed by atoms with van der Waals surface area (Å²) in [4.78, 5) is 77.4. The summed E-state index contributed by atoms with van der Waals surface area (Å²) >= 11 is 9.72. The Morgan fingerprint density at radius 2 is 0.697 bits per heavy atom. The molecule has 7 aromatic rings. The summed E-state index contributed by atoms with van der Waals surface area (Å²) in [5.74, 6) is 0.354. The number of halogens is 3. The van der Waals surface area contributed by atoms with Crippen LogP contribution in [0.25, 0.3) is 6.08 Å². The zero-order valence-corrected chi connectivity index (χ0v) is 59.6. The molecular formula is C73H75Br3O23. The molecule has 26 heteroatoms. The van der Waals surface area contributed by atoms with Gasteiger partial charge in [0, 0.05) is 16.7 Å². The van der Waals surface area contributed by atoms with E-state index in [2.05, 4.69) is 89.4 Å². The molecule has 4 fully saturated rings. The van der Waals surface area contributed by atoms with Crippen LogP contribution in [0.15, 0.2) is 166 Å². The minimum atomic E-state index is -0.998. The molecular weight excluding hydrogens is 1480 g/mol. The van der Waals surface area contributed by atoms with Gasteiger partial charge in [0.2, 0.25) is 0 Å². The number of benzene rings is 7. The number of hydrogen-bond donors (Lipinski definition) is 5. The van der Waals surface area contributed by atoms with E-state index in [-0.39, 0.29) is 60.4 Å². The molecule has 0 saturated heterocycles. The van der Waals surface area contributed by atoms with Crippen LogP contribution in [0.4, 0.5) is 0 Å². The van der Waals surface area contributed by atoms with Gasteiger partial charge in [-0.15, -0.1) is 0 Å². The molecule has 23 nitrogen and oxygen atoms in total. The number of aromatic carboxylic acids is 1. The number of rotatable bonds is 20. The fourth-order valence-corrected chi connectivity index (χ4v) is 9.10. The molecule has 0 heterocycles. The second kappa shape index (κ2) is 40.9. The molecule has 0 amide bonds. The monoisotopic (exact) mass is 1560 g/mol. The zero-order chi connectivity index (χ0) is 72.7. The first-order valence-electron chi connectivity index (χ1n) is 30.3. The Morgan fingerprint density at radius 1 is 0.394 bits per heavy atom. The van der Waals surface area contributed by atoms with Crippen LogP contribution in [0.5, 0.6) is 40.2 Å². The Kier molecular flexibility index (Phi) is 33.0. The minimum Gasteiger partial charge on any atom is -0.508 e. The molecule has 0 bridgehead atoms. The lowest BCUT2D eigenvalue weighted by Gasteiger charge is -2.10. The number of phenols is 2. The summed E-state index contributed by atoms with van der Waals surface area (Å²) in [5, 5.41) is 45.0. The predicted molar refractivity (Wildman–Crippen MR) is 374 cm³/mol. The largest absolute Gasteiger partial charge is 0.508 e. The van der Waals surface area contributed by atoms with Gasteiger partial charge in [-0.3, -0.25) is 0 Å². The molecule has 0 radical (unpaired) electrons. The molecule has 4 saturated carbocycles. The Labute approximate surface area is 597 Å². The molecule has 99 heavy (non-hydrogen) atoms. The lowest BCUT2D eigenvalue weighted by atomic mass is 10.1. The Hall–Kier alpha value is -9.73. The summed E-state index contributed by atoms with van der Waals surface area (Å²) in [6, 6.07) is 35.1. The fourth-order valence-electron chi connectivity index (χ4n) is 7.78. The molecule has 0 aliphatic heterocycles. The maximum Gasteiger partial charge on any atom is 0.337 e. The van der Waals surface area contributed by atoms with E-state index in [1.165, 1.54) is 104 Å². The highest BCUT2D eigenvalue weighted by Crippen LogP contribution is 2.35. The summed E-state index contributed by atoms with van der Waals surface area (Å²) < 4.78 is 56.9. The van der Waals surface area contributed by atoms with Gasteiger partial charge in [0.1, 0.15) is 40.2 Å². The third-order valence-electron chi connectivity index (χ3n) is 13.6. The van der Waals surface area contributed by atoms with Crippen LogP contribution < -0.4 is 23.7 Å². The average Bonchev–Trinajstić information content (AvgIpc) is 1.61. The molecule has 11 rings (SSSR count). The quantitative estimate of drug-likeness (QED) is 0.0269. The molecule has 4 aliphatic carbocycles.